The second kappa shape index (κ2) is 8.20. The maximum atomic E-state index is 12.8. The molecular weight excluding hydrogens is 377 g/mol. The first kappa shape index (κ1) is 20.2. The number of alkyl halides is 3. The van der Waals surface area contributed by atoms with Gasteiger partial charge in [-0.05, 0) is 31.2 Å². The fourth-order valence-electron chi connectivity index (χ4n) is 3.73. The Bertz CT molecular complexity index is 738. The van der Waals surface area contributed by atoms with Gasteiger partial charge in [0.15, 0.2) is 0 Å². The number of nitrogens with zero attached hydrogens (tertiary/aromatic N) is 2. The van der Waals surface area contributed by atoms with Gasteiger partial charge in [-0.3, -0.25) is 14.5 Å². The van der Waals surface area contributed by atoms with E-state index in [1.165, 1.54) is 4.90 Å². The Kier molecular flexibility index (Phi) is 5.90. The van der Waals surface area contributed by atoms with Crippen molar-refractivity contribution in [1.82, 2.24) is 9.80 Å². The summed E-state index contributed by atoms with van der Waals surface area (Å²) in [6.45, 7) is 0.403. The van der Waals surface area contributed by atoms with Crippen molar-refractivity contribution in [3.63, 3.8) is 0 Å². The zero-order chi connectivity index (χ0) is 20.3. The molecule has 2 aliphatic heterocycles. The van der Waals surface area contributed by atoms with Crippen molar-refractivity contribution in [3.8, 4) is 0 Å². The first-order valence-corrected chi connectivity index (χ1v) is 9.18. The lowest BCUT2D eigenvalue weighted by molar-refractivity contribution is -0.177. The molecule has 2 aliphatic rings. The third-order valence-corrected chi connectivity index (χ3v) is 5.10. The highest BCUT2D eigenvalue weighted by Crippen LogP contribution is 2.30. The average molecular weight is 398 g/mol. The van der Waals surface area contributed by atoms with Crippen LogP contribution in [0, 0.1) is 0 Å². The predicted octanol–water partition coefficient (Wildman–Crippen LogP) is 2.91. The lowest BCUT2D eigenvalue weighted by Crippen LogP contribution is -2.52. The third kappa shape index (κ3) is 4.28. The van der Waals surface area contributed by atoms with Gasteiger partial charge in [0.1, 0.15) is 12.6 Å². The van der Waals surface area contributed by atoms with Crippen LogP contribution in [0.5, 0.6) is 0 Å². The number of rotatable bonds is 4. The van der Waals surface area contributed by atoms with Gasteiger partial charge in [-0.25, -0.2) is 4.79 Å². The molecular formula is C19H21F3N2O4. The van der Waals surface area contributed by atoms with Gasteiger partial charge in [0.2, 0.25) is 5.91 Å². The minimum absolute atomic E-state index is 0.0186. The minimum atomic E-state index is -4.99. The molecule has 3 rings (SSSR count). The van der Waals surface area contributed by atoms with Crippen LogP contribution >= 0.6 is 0 Å². The van der Waals surface area contributed by atoms with Gasteiger partial charge in [-0.15, -0.1) is 0 Å². The zero-order valence-corrected chi connectivity index (χ0v) is 15.2. The molecule has 2 saturated heterocycles. The Morgan fingerprint density at radius 1 is 0.964 bits per heavy atom. The topological polar surface area (TPSA) is 66.9 Å². The molecule has 0 spiro atoms. The first-order chi connectivity index (χ1) is 13.3. The second-order valence-corrected chi connectivity index (χ2v) is 6.94. The van der Waals surface area contributed by atoms with Gasteiger partial charge < -0.3 is 9.64 Å². The SMILES string of the molecule is O=C([C@H]1CCCN1C(=O)OCc1ccccc1)N1CCCC1C(=O)C(F)(F)F. The molecule has 2 heterocycles. The molecule has 1 unspecified atom stereocenters. The summed E-state index contributed by atoms with van der Waals surface area (Å²) in [5.41, 5.74) is 0.785. The maximum absolute atomic E-state index is 12.8. The van der Waals surface area contributed by atoms with E-state index in [0.717, 1.165) is 10.5 Å². The van der Waals surface area contributed by atoms with Crippen molar-refractivity contribution in [2.24, 2.45) is 0 Å². The van der Waals surface area contributed by atoms with Crippen molar-refractivity contribution in [1.29, 1.82) is 0 Å². The van der Waals surface area contributed by atoms with E-state index >= 15 is 0 Å². The predicted molar refractivity (Wildman–Crippen MR) is 92.2 cm³/mol. The van der Waals surface area contributed by atoms with Crippen LogP contribution in [-0.2, 0) is 20.9 Å². The van der Waals surface area contributed by atoms with E-state index in [0.29, 0.717) is 19.3 Å². The molecule has 0 aliphatic carbocycles. The molecule has 9 heteroatoms. The summed E-state index contributed by atoms with van der Waals surface area (Å²) in [4.78, 5) is 39.1. The number of hydrogen-bond donors (Lipinski definition) is 0. The van der Waals surface area contributed by atoms with Crippen molar-refractivity contribution in [2.45, 2.75) is 50.6 Å². The van der Waals surface area contributed by atoms with Gasteiger partial charge in [0, 0.05) is 13.1 Å². The van der Waals surface area contributed by atoms with E-state index in [9.17, 15) is 27.6 Å². The summed E-state index contributed by atoms with van der Waals surface area (Å²) in [7, 11) is 0. The number of amides is 2. The molecule has 0 radical (unpaired) electrons. The van der Waals surface area contributed by atoms with Crippen molar-refractivity contribution < 1.29 is 32.3 Å². The Morgan fingerprint density at radius 3 is 2.21 bits per heavy atom. The van der Waals surface area contributed by atoms with E-state index in [2.05, 4.69) is 0 Å². The number of hydrogen-bond acceptors (Lipinski definition) is 4. The lowest BCUT2D eigenvalue weighted by Gasteiger charge is -2.30. The number of ketones is 1. The van der Waals surface area contributed by atoms with Gasteiger partial charge in [-0.1, -0.05) is 30.3 Å². The van der Waals surface area contributed by atoms with Crippen LogP contribution < -0.4 is 0 Å². The van der Waals surface area contributed by atoms with Crippen LogP contribution in [0.4, 0.5) is 18.0 Å². The molecule has 0 N–H and O–H groups in total. The fraction of sp³-hybridized carbons (Fsp3) is 0.526. The molecule has 0 aromatic heterocycles. The molecule has 2 fully saturated rings. The van der Waals surface area contributed by atoms with Gasteiger partial charge in [0.05, 0.1) is 6.04 Å². The highest BCUT2D eigenvalue weighted by molar-refractivity contribution is 5.95. The van der Waals surface area contributed by atoms with Crippen LogP contribution in [0.2, 0.25) is 0 Å². The standard InChI is InChI=1S/C19H21F3N2O4/c20-19(21,22)16(25)14-8-4-10-23(14)17(26)15-9-5-11-24(15)18(27)28-12-13-6-2-1-3-7-13/h1-3,6-7,14-15H,4-5,8-12H2/t14?,15-/m1/s1. The number of benzene rings is 1. The Morgan fingerprint density at radius 2 is 1.57 bits per heavy atom. The summed E-state index contributed by atoms with van der Waals surface area (Å²) in [5, 5.41) is 0. The van der Waals surface area contributed by atoms with E-state index < -0.39 is 36.0 Å². The van der Waals surface area contributed by atoms with Crippen molar-refractivity contribution in [2.75, 3.05) is 13.1 Å². The summed E-state index contributed by atoms with van der Waals surface area (Å²) in [6, 6.07) is 6.61. The van der Waals surface area contributed by atoms with Gasteiger partial charge in [-0.2, -0.15) is 13.2 Å². The number of ether oxygens (including phenoxy) is 1. The van der Waals surface area contributed by atoms with Crippen LogP contribution in [0.3, 0.4) is 0 Å². The lowest BCUT2D eigenvalue weighted by atomic mass is 10.1. The summed E-state index contributed by atoms with van der Waals surface area (Å²) >= 11 is 0. The number of likely N-dealkylation sites (tertiary alicyclic amines) is 2. The highest BCUT2D eigenvalue weighted by Gasteiger charge is 2.50. The summed E-state index contributed by atoms with van der Waals surface area (Å²) in [6.07, 6.45) is -4.49. The zero-order valence-electron chi connectivity index (χ0n) is 15.2. The Hall–Kier alpha value is -2.58. The van der Waals surface area contributed by atoms with Gasteiger partial charge in [0.25, 0.3) is 5.78 Å². The fourth-order valence-corrected chi connectivity index (χ4v) is 3.73. The highest BCUT2D eigenvalue weighted by atomic mass is 19.4. The molecule has 2 amide bonds. The molecule has 152 valence electrons. The third-order valence-electron chi connectivity index (χ3n) is 5.10. The maximum Gasteiger partial charge on any atom is 0.452 e. The Labute approximate surface area is 160 Å². The van der Waals surface area contributed by atoms with E-state index in [4.69, 9.17) is 4.74 Å². The molecule has 0 bridgehead atoms. The average Bonchev–Trinajstić information content (AvgIpc) is 3.34. The van der Waals surface area contributed by atoms with Crippen molar-refractivity contribution in [3.05, 3.63) is 35.9 Å². The molecule has 28 heavy (non-hydrogen) atoms. The minimum Gasteiger partial charge on any atom is -0.445 e. The molecule has 0 saturated carbocycles. The number of Topliss-reactive ketones (excluding diaryl/α,β-unsaturated/α-hetero) is 1. The van der Waals surface area contributed by atoms with Gasteiger partial charge >= 0.3 is 12.3 Å². The monoisotopic (exact) mass is 398 g/mol. The quantitative estimate of drug-likeness (QED) is 0.782. The molecule has 2 atom stereocenters. The Balaban J connectivity index is 1.65. The smallest absolute Gasteiger partial charge is 0.445 e. The largest absolute Gasteiger partial charge is 0.452 e. The van der Waals surface area contributed by atoms with Crippen LogP contribution in [0.15, 0.2) is 30.3 Å². The summed E-state index contributed by atoms with van der Waals surface area (Å²) in [5.74, 6) is -2.52. The van der Waals surface area contributed by atoms with Crippen LogP contribution in [0.25, 0.3) is 0 Å². The number of carbonyl (C=O) groups is 3. The number of halogens is 3. The summed E-state index contributed by atoms with van der Waals surface area (Å²) < 4.78 is 43.7. The van der Waals surface area contributed by atoms with E-state index in [1.54, 1.807) is 24.3 Å². The second-order valence-electron chi connectivity index (χ2n) is 6.94. The number of carbonyl (C=O) groups excluding carboxylic acids is 3. The van der Waals surface area contributed by atoms with Crippen LogP contribution in [0.1, 0.15) is 31.2 Å². The molecule has 6 nitrogen and oxygen atoms in total. The molecule has 1 aromatic rings. The van der Waals surface area contributed by atoms with Crippen LogP contribution in [-0.4, -0.2) is 58.9 Å². The van der Waals surface area contributed by atoms with Crippen molar-refractivity contribution >= 4 is 17.8 Å². The molecule has 1 aromatic carbocycles. The van der Waals surface area contributed by atoms with E-state index in [1.807, 2.05) is 6.07 Å². The normalized spacial score (nSPS) is 22.4. The van der Waals surface area contributed by atoms with E-state index in [-0.39, 0.29) is 26.1 Å². The first-order valence-electron chi connectivity index (χ1n) is 9.18.